The molecule has 0 aromatic carbocycles. The first-order valence-electron chi connectivity index (χ1n) is 30.4. The minimum Gasteiger partial charge on any atom is -0.413 e. The summed E-state index contributed by atoms with van der Waals surface area (Å²) in [4.78, 5) is 14.9. The highest BCUT2D eigenvalue weighted by atomic mass is 28.4. The lowest BCUT2D eigenvalue weighted by Gasteiger charge is -2.47. The van der Waals surface area contributed by atoms with E-state index in [0.717, 1.165) is 48.5 Å². The third-order valence-electron chi connectivity index (χ3n) is 18.9. The maximum absolute atomic E-state index is 14.9. The van der Waals surface area contributed by atoms with E-state index in [0.29, 0.717) is 39.1 Å². The first-order chi connectivity index (χ1) is 35.3. The Balaban J connectivity index is 2.61. The highest BCUT2D eigenvalue weighted by Crippen LogP contribution is 2.46. The van der Waals surface area contributed by atoms with Crippen LogP contribution in [0.2, 0.25) is 72.5 Å². The molecule has 0 amide bonds. The predicted molar refractivity (Wildman–Crippen MR) is 335 cm³/mol. The number of aliphatic hydroxyl groups is 1. The smallest absolute Gasteiger partial charge is 0.193 e. The van der Waals surface area contributed by atoms with Gasteiger partial charge in [-0.2, -0.15) is 0 Å². The van der Waals surface area contributed by atoms with Gasteiger partial charge >= 0.3 is 0 Å². The molecule has 2 rings (SSSR count). The van der Waals surface area contributed by atoms with Crippen molar-refractivity contribution in [3.05, 3.63) is 47.6 Å². The molecule has 0 saturated carbocycles. The monoisotopic (exact) mass is 1150 g/mol. The molecule has 12 atom stereocenters. The molecule has 2 aliphatic heterocycles. The van der Waals surface area contributed by atoms with Crippen LogP contribution in [0.3, 0.4) is 0 Å². The lowest BCUT2D eigenvalue weighted by atomic mass is 9.86. The summed E-state index contributed by atoms with van der Waals surface area (Å²) in [5.41, 5.74) is 3.19. The van der Waals surface area contributed by atoms with Crippen molar-refractivity contribution in [2.45, 2.75) is 304 Å². The summed E-state index contributed by atoms with van der Waals surface area (Å²) in [5, 5.41) is 9.84. The van der Waals surface area contributed by atoms with Crippen LogP contribution in [0.4, 0.5) is 0 Å². The Bertz CT molecular complexity index is 1860. The Morgan fingerprint density at radius 2 is 1.32 bits per heavy atom. The van der Waals surface area contributed by atoms with E-state index < -0.39 is 45.5 Å². The summed E-state index contributed by atoms with van der Waals surface area (Å²) in [6.45, 7) is 62.6. The molecule has 2 fully saturated rings. The van der Waals surface area contributed by atoms with Crippen LogP contribution in [0.25, 0.3) is 0 Å². The van der Waals surface area contributed by atoms with Crippen molar-refractivity contribution < 1.29 is 46.6 Å². The van der Waals surface area contributed by atoms with Crippen molar-refractivity contribution in [1.29, 1.82) is 0 Å². The second-order valence-electron chi connectivity index (χ2n) is 28.3. The average molecular weight is 1150 g/mol. The number of carbonyl (C=O) groups excluding carboxylic acids is 1. The van der Waals surface area contributed by atoms with E-state index in [2.05, 4.69) is 188 Å². The number of Topliss-reactive ketones (excluding diaryl/α,β-unsaturated/α-hetero) is 1. The molecule has 0 radical (unpaired) electrons. The van der Waals surface area contributed by atoms with E-state index in [4.69, 9.17) is 43.2 Å². The van der Waals surface area contributed by atoms with Crippen molar-refractivity contribution in [3.63, 3.8) is 0 Å². The van der Waals surface area contributed by atoms with Gasteiger partial charge in [0.2, 0.25) is 0 Å². The fourth-order valence-electron chi connectivity index (χ4n) is 9.90. The molecule has 14 heteroatoms. The predicted octanol–water partition coefficient (Wildman–Crippen LogP) is 16.7. The molecule has 450 valence electrons. The van der Waals surface area contributed by atoms with Gasteiger partial charge in [0.1, 0.15) is 11.9 Å². The molecular weight excluding hydrogens is 1030 g/mol. The Hall–Kier alpha value is -0.862. The molecule has 2 aliphatic rings. The molecule has 2 saturated heterocycles. The number of rotatable bonds is 34. The van der Waals surface area contributed by atoms with Gasteiger partial charge in [0, 0.05) is 31.5 Å². The molecule has 0 aromatic rings. The van der Waals surface area contributed by atoms with Crippen LogP contribution in [-0.4, -0.2) is 126 Å². The van der Waals surface area contributed by atoms with E-state index in [1.54, 1.807) is 0 Å². The van der Waals surface area contributed by atoms with E-state index in [1.807, 2.05) is 6.92 Å². The highest BCUT2D eigenvalue weighted by molar-refractivity contribution is 6.75. The summed E-state index contributed by atoms with van der Waals surface area (Å²) < 4.78 is 55.7. The number of carbonyl (C=O) groups is 1. The van der Waals surface area contributed by atoms with Crippen LogP contribution in [0.1, 0.15) is 176 Å². The van der Waals surface area contributed by atoms with Crippen molar-refractivity contribution in [3.8, 4) is 0 Å². The zero-order valence-corrected chi connectivity index (χ0v) is 58.5. The lowest BCUT2D eigenvalue weighted by Crippen LogP contribution is -2.55. The summed E-state index contributed by atoms with van der Waals surface area (Å²) in [7, 11) is -9.09. The Kier molecular flexibility index (Phi) is 29.2. The van der Waals surface area contributed by atoms with Crippen LogP contribution < -0.4 is 0 Å². The van der Waals surface area contributed by atoms with E-state index in [9.17, 15) is 9.90 Å². The second kappa shape index (κ2) is 31.2. The normalized spacial score (nSPS) is 23.5. The third kappa shape index (κ3) is 22.0. The number of ketones is 1. The van der Waals surface area contributed by atoms with E-state index in [-0.39, 0.29) is 94.4 Å². The van der Waals surface area contributed by atoms with Gasteiger partial charge in [0.15, 0.2) is 33.3 Å². The molecule has 0 spiro atoms. The minimum atomic E-state index is -2.42. The van der Waals surface area contributed by atoms with Crippen LogP contribution in [-0.2, 0) is 41.4 Å². The standard InChI is InChI=1S/C63H122O10Si4/c1-27-66-38-39-67-52(43-51-34-35-55(68-51)56(33-31-32-45(5)6)71-77(28-2,29-3)30-4)41-47(8)53(65)44-57(70-74(21,22)61(12,13)14)50(11)46(7)40-49(10)59(72-75(23,24)62(15,16)17)60(73-76(25,26)63(18,19)20)58-42-48(9)54(69-58)36-37-64/h31-33,40,47-48,50-52,54-60,64H,10,27-30,34-39,41-44H2,1-9,11-26H3/b33-31+,46-40+/t47-,48+,50+,51+,52-,54-,55+,56+,57-,58+,59+,60-/m0/s1. The van der Waals surface area contributed by atoms with Crippen LogP contribution in [0.15, 0.2) is 47.6 Å². The number of aliphatic hydroxyl groups excluding tert-OH is 1. The first kappa shape index (κ1) is 72.2. The molecule has 0 bridgehead atoms. The Morgan fingerprint density at radius 1 is 0.766 bits per heavy atom. The fraction of sp³-hybridized carbons (Fsp3) is 0.857. The molecule has 2 heterocycles. The van der Waals surface area contributed by atoms with E-state index >= 15 is 0 Å². The third-order valence-corrected chi connectivity index (χ3v) is 36.9. The van der Waals surface area contributed by atoms with Crippen molar-refractivity contribution in [2.75, 3.05) is 26.4 Å². The average Bonchev–Trinajstić information content (AvgIpc) is 3.94. The first-order valence-corrected chi connectivity index (χ1v) is 41.6. The Morgan fingerprint density at radius 3 is 1.84 bits per heavy atom. The topological polar surface area (TPSA) is 111 Å². The molecular formula is C63H122O10Si4. The van der Waals surface area contributed by atoms with Gasteiger partial charge < -0.3 is 41.8 Å². The van der Waals surface area contributed by atoms with Crippen LogP contribution in [0.5, 0.6) is 0 Å². The van der Waals surface area contributed by atoms with Gasteiger partial charge in [0.25, 0.3) is 0 Å². The molecule has 0 unspecified atom stereocenters. The molecule has 1 N–H and O–H groups in total. The van der Waals surface area contributed by atoms with Crippen molar-refractivity contribution in [2.24, 2.45) is 17.8 Å². The fourth-order valence-corrected chi connectivity index (χ4v) is 16.7. The zero-order valence-electron chi connectivity index (χ0n) is 54.5. The summed E-state index contributed by atoms with van der Waals surface area (Å²) >= 11 is 0. The maximum atomic E-state index is 14.9. The van der Waals surface area contributed by atoms with Gasteiger partial charge in [-0.3, -0.25) is 4.79 Å². The van der Waals surface area contributed by atoms with Gasteiger partial charge in [-0.1, -0.05) is 146 Å². The Labute approximate surface area is 478 Å². The van der Waals surface area contributed by atoms with Gasteiger partial charge in [-0.15, -0.1) is 0 Å². The molecule has 10 nitrogen and oxygen atoms in total. The number of hydrogen-bond donors (Lipinski definition) is 1. The summed E-state index contributed by atoms with van der Waals surface area (Å²) in [6.07, 6.45) is 11.7. The van der Waals surface area contributed by atoms with Gasteiger partial charge in [0.05, 0.1) is 62.0 Å². The second-order valence-corrected chi connectivity index (χ2v) is 47.3. The van der Waals surface area contributed by atoms with Crippen LogP contribution >= 0.6 is 0 Å². The quantitative estimate of drug-likeness (QED) is 0.0380. The number of hydrogen-bond acceptors (Lipinski definition) is 10. The molecule has 0 aliphatic carbocycles. The lowest BCUT2D eigenvalue weighted by molar-refractivity contribution is -0.126. The van der Waals surface area contributed by atoms with Crippen molar-refractivity contribution >= 4 is 39.1 Å². The summed E-state index contributed by atoms with van der Waals surface area (Å²) in [5.74, 6) is 0.0616. The van der Waals surface area contributed by atoms with Gasteiger partial charge in [-0.05, 0) is 150 Å². The zero-order chi connectivity index (χ0) is 59.1. The van der Waals surface area contributed by atoms with Crippen molar-refractivity contribution in [1.82, 2.24) is 0 Å². The number of allylic oxidation sites excluding steroid dienone is 3. The summed E-state index contributed by atoms with van der Waals surface area (Å²) in [6, 6.07) is 3.25. The van der Waals surface area contributed by atoms with Gasteiger partial charge in [-0.25, -0.2) is 0 Å². The van der Waals surface area contributed by atoms with Crippen LogP contribution in [0, 0.1) is 17.8 Å². The maximum Gasteiger partial charge on any atom is 0.193 e. The highest BCUT2D eigenvalue weighted by Gasteiger charge is 2.50. The largest absolute Gasteiger partial charge is 0.413 e. The minimum absolute atomic E-state index is 0.000733. The van der Waals surface area contributed by atoms with E-state index in [1.165, 1.54) is 5.57 Å². The molecule has 77 heavy (non-hydrogen) atoms. The SMILES string of the molecule is C=C(/C=C(\C)[C@@H](C)[C@H](CC(=O)[C@@H](C)C[C@@H](C[C@H]1CC[C@H]([C@@H](/C=C/C=C(C)C)O[Si](CC)(CC)CC)O1)OCCOCC)O[Si](C)(C)C(C)(C)C)[C@@H](O[Si](C)(C)C(C)(C)C)[C@@H](O[Si](C)(C)C(C)(C)C)[C@H]1C[C@@H](C)[C@H](CCO)O1. The molecule has 0 aromatic heterocycles. The number of ether oxygens (including phenoxy) is 4.